The SMILES string of the molecule is CCCCC(C)C1CC(=O)N(CCCCCC(=O)N[C@H](C(=O)N[C@@H](CCC)C(=O)Nc2ccc(C(=O)N(C)[C@@H](C)C(=O)O[C@H]3CC(=O)N(C)c4cc(cc(OC)c4Cl)C/C(C)=C/C=C/[C@@H](OC)[C@@]4(O)C[C@H](OC(=O)N4)[C@@H](C)[C@@H]4O[C@@]34C)c(C(F)(F)F)c2)C(C)C)C1=O. The number of nitrogens with one attached hydrogen (secondary N) is 4. The van der Waals surface area contributed by atoms with E-state index in [1.165, 1.54) is 38.0 Å². The standard InChI is InChI=1S/C66H91ClF3N7O15/c1-14-16-23-38(6)44-33-54(80)77(61(44)84)28-19-17-18-25-52(78)73-56(36(3)4)59(82)72-46(21-15-2)58(81)71-42-26-27-43(45(32-42)66(68,69)70)60(83)75(10)40(8)62(85)91-51-34-53(79)76(11)47-30-41(31-48(88-12)55(47)67)29-37(5)22-20-24-50(89-13)65(87)35-49(90-63(86)74-65)39(7)57-64(51,9)92-57/h20,22,24,26-27,30-32,36,38-40,44,46,49-51,56-57,87H,14-19,21,23,25,28-29,33-35H2,1-13H3,(H,71,81)(H,72,82)(H,73,78)(H,74,86)/b24-20+,37-22+/t38?,39-,40+,44?,46+,49+,50-,51+,56+,57+,64+,65+/m1/s1. The van der Waals surface area contributed by atoms with Crippen molar-refractivity contribution in [2.45, 2.75) is 206 Å². The molecule has 22 nitrogen and oxygen atoms in total. The van der Waals surface area contributed by atoms with Gasteiger partial charge in [-0.15, -0.1) is 0 Å². The van der Waals surface area contributed by atoms with Gasteiger partial charge in [0.1, 0.15) is 52.8 Å². The molecule has 3 saturated heterocycles. The van der Waals surface area contributed by atoms with Crippen LogP contribution in [0.4, 0.5) is 29.3 Å². The number of epoxide rings is 1. The average molecular weight is 1310 g/mol. The lowest BCUT2D eigenvalue weighted by atomic mass is 9.83. The molecule has 92 heavy (non-hydrogen) atoms. The van der Waals surface area contributed by atoms with Crippen molar-refractivity contribution < 1.29 is 85.1 Å². The highest BCUT2D eigenvalue weighted by Gasteiger charge is 2.64. The van der Waals surface area contributed by atoms with Gasteiger partial charge in [-0.3, -0.25) is 43.8 Å². The number of ether oxygens (including phenoxy) is 5. The monoisotopic (exact) mass is 1310 g/mol. The molecule has 4 aliphatic heterocycles. The Balaban J connectivity index is 1.15. The number of imide groups is 1. The summed E-state index contributed by atoms with van der Waals surface area (Å²) in [5.41, 5.74) is -4.49. The number of halogens is 4. The van der Waals surface area contributed by atoms with Gasteiger partial charge in [-0.2, -0.15) is 13.2 Å². The number of unbranched alkanes of at least 4 members (excludes halogenated alkanes) is 3. The summed E-state index contributed by atoms with van der Waals surface area (Å²) in [5, 5.41) is 22.3. The smallest absolute Gasteiger partial charge is 0.417 e. The van der Waals surface area contributed by atoms with Crippen molar-refractivity contribution in [2.75, 3.05) is 45.1 Å². The minimum absolute atomic E-state index is 0.0357. The molecule has 0 saturated carbocycles. The molecule has 0 spiro atoms. The van der Waals surface area contributed by atoms with Crippen LogP contribution in [0.3, 0.4) is 0 Å². The fraction of sp³-hybridized carbons (Fsp3) is 0.621. The Hall–Kier alpha value is -7.09. The number of esters is 1. The maximum Gasteiger partial charge on any atom is 0.417 e. The van der Waals surface area contributed by atoms with Crippen LogP contribution in [0.1, 0.15) is 161 Å². The van der Waals surface area contributed by atoms with E-state index >= 15 is 13.2 Å². The normalized spacial score (nSPS) is 25.8. The highest BCUT2D eigenvalue weighted by atomic mass is 35.5. The molecule has 12 atom stereocenters. The first-order chi connectivity index (χ1) is 43.2. The second-order valence-electron chi connectivity index (χ2n) is 25.3. The maximum atomic E-state index is 15.1. The van der Waals surface area contributed by atoms with Gasteiger partial charge < -0.3 is 54.5 Å². The minimum atomic E-state index is -5.20. The number of methoxy groups -OCH3 is 2. The summed E-state index contributed by atoms with van der Waals surface area (Å²) >= 11 is 6.82. The van der Waals surface area contributed by atoms with Crippen LogP contribution in [0, 0.1) is 23.7 Å². The fourth-order valence-corrected chi connectivity index (χ4v) is 12.4. The summed E-state index contributed by atoms with van der Waals surface area (Å²) in [6.07, 6.45) is -1.09. The lowest BCUT2D eigenvalue weighted by molar-refractivity contribution is -0.158. The first-order valence-electron chi connectivity index (χ1n) is 31.6. The quantitative estimate of drug-likeness (QED) is 0.0284. The number of likely N-dealkylation sites (tertiary alicyclic amines) is 1. The van der Waals surface area contributed by atoms with Gasteiger partial charge in [-0.25, -0.2) is 9.59 Å². The molecular weight excluding hydrogens is 1220 g/mol. The van der Waals surface area contributed by atoms with E-state index in [1.54, 1.807) is 65.0 Å². The van der Waals surface area contributed by atoms with Gasteiger partial charge in [0.05, 0.1) is 36.4 Å². The zero-order valence-corrected chi connectivity index (χ0v) is 55.6. The molecule has 3 fully saturated rings. The molecule has 2 aromatic carbocycles. The molecule has 0 radical (unpaired) electrons. The number of hydrogen-bond acceptors (Lipinski definition) is 15. The molecule has 2 unspecified atom stereocenters. The van der Waals surface area contributed by atoms with E-state index in [1.807, 2.05) is 13.8 Å². The number of hydrogen-bond donors (Lipinski definition) is 5. The molecule has 2 aromatic rings. The van der Waals surface area contributed by atoms with Crippen molar-refractivity contribution in [3.63, 3.8) is 0 Å². The van der Waals surface area contributed by atoms with Crippen molar-refractivity contribution in [1.29, 1.82) is 0 Å². The van der Waals surface area contributed by atoms with Gasteiger partial charge in [-0.1, -0.05) is 103 Å². The largest absolute Gasteiger partial charge is 0.495 e. The van der Waals surface area contributed by atoms with Crippen molar-refractivity contribution >= 4 is 76.4 Å². The maximum absolute atomic E-state index is 15.1. The highest BCUT2D eigenvalue weighted by Crippen LogP contribution is 2.49. The number of nitrogens with zero attached hydrogens (tertiary/aromatic N) is 3. The molecule has 4 heterocycles. The number of carbonyl (C=O) groups is 9. The van der Waals surface area contributed by atoms with E-state index in [0.717, 1.165) is 48.9 Å². The second kappa shape index (κ2) is 31.7. The predicted octanol–water partition coefficient (Wildman–Crippen LogP) is 8.97. The summed E-state index contributed by atoms with van der Waals surface area (Å²) in [7, 11) is 5.32. The van der Waals surface area contributed by atoms with Crippen LogP contribution < -0.4 is 30.9 Å². The molecule has 8 amide bonds. The van der Waals surface area contributed by atoms with E-state index < -0.39 is 131 Å². The molecule has 0 aliphatic carbocycles. The van der Waals surface area contributed by atoms with Gasteiger partial charge in [0, 0.05) is 64.5 Å². The zero-order valence-electron chi connectivity index (χ0n) is 54.9. The van der Waals surface area contributed by atoms with Crippen LogP contribution in [-0.4, -0.2) is 157 Å². The van der Waals surface area contributed by atoms with Gasteiger partial charge in [-0.05, 0) is 101 Å². The number of fused-ring (bicyclic) bond motifs is 5. The Bertz CT molecular complexity index is 3130. The fourth-order valence-electron chi connectivity index (χ4n) is 12.1. The van der Waals surface area contributed by atoms with Crippen molar-refractivity contribution in [3.8, 4) is 5.75 Å². The van der Waals surface area contributed by atoms with Crippen LogP contribution in [0.2, 0.25) is 5.02 Å². The minimum Gasteiger partial charge on any atom is -0.495 e. The third-order valence-corrected chi connectivity index (χ3v) is 18.4. The number of benzene rings is 2. The third kappa shape index (κ3) is 18.0. The molecule has 5 N–H and O–H groups in total. The molecule has 0 aromatic heterocycles. The number of carbonyl (C=O) groups excluding carboxylic acids is 9. The molecule has 26 heteroatoms. The second-order valence-corrected chi connectivity index (χ2v) is 25.7. The third-order valence-electron chi connectivity index (χ3n) is 18.0. The Kier molecular flexibility index (Phi) is 25.5. The van der Waals surface area contributed by atoms with Crippen LogP contribution in [-0.2, 0) is 65.1 Å². The first-order valence-corrected chi connectivity index (χ1v) is 31.9. The molecule has 508 valence electrons. The summed E-state index contributed by atoms with van der Waals surface area (Å²) < 4.78 is 74.5. The number of alkyl halides is 3. The Morgan fingerprint density at radius 2 is 1.64 bits per heavy atom. The van der Waals surface area contributed by atoms with Gasteiger partial charge in [0.2, 0.25) is 35.4 Å². The number of amides is 8. The molecule has 4 bridgehead atoms. The van der Waals surface area contributed by atoms with Crippen molar-refractivity contribution in [3.05, 3.63) is 75.8 Å². The number of allylic oxidation sites excluding steroid dienone is 3. The average Bonchev–Trinajstić information content (AvgIpc) is 1.56. The van der Waals surface area contributed by atoms with Crippen LogP contribution >= 0.6 is 11.6 Å². The lowest BCUT2D eigenvalue weighted by Crippen LogP contribution is -2.63. The van der Waals surface area contributed by atoms with E-state index in [9.17, 15) is 48.3 Å². The summed E-state index contributed by atoms with van der Waals surface area (Å²) in [6, 6.07) is 1.86. The van der Waals surface area contributed by atoms with Gasteiger partial charge >= 0.3 is 18.2 Å². The lowest BCUT2D eigenvalue weighted by Gasteiger charge is -2.42. The molecular formula is C66H91ClF3N7O15. The summed E-state index contributed by atoms with van der Waals surface area (Å²) in [6.45, 7) is 15.7. The molecule has 4 aliphatic rings. The Labute approximate surface area is 541 Å². The first kappa shape index (κ1) is 74.0. The van der Waals surface area contributed by atoms with Crippen LogP contribution in [0.25, 0.3) is 0 Å². The van der Waals surface area contributed by atoms with Crippen LogP contribution in [0.15, 0.2) is 54.1 Å². The van der Waals surface area contributed by atoms with Crippen molar-refractivity contribution in [2.24, 2.45) is 23.7 Å². The zero-order chi connectivity index (χ0) is 68.3. The Morgan fingerprint density at radius 1 is 0.935 bits per heavy atom. The van der Waals surface area contributed by atoms with E-state index in [-0.39, 0.29) is 78.0 Å². The van der Waals surface area contributed by atoms with Crippen molar-refractivity contribution in [1.82, 2.24) is 25.8 Å². The number of likely N-dealkylation sites (N-methyl/N-ethyl adjacent to an activating group) is 1. The summed E-state index contributed by atoms with van der Waals surface area (Å²) in [5.74, 6) is -6.59. The van der Waals surface area contributed by atoms with Gasteiger partial charge in [0.25, 0.3) is 5.91 Å². The topological polar surface area (TPSA) is 281 Å². The van der Waals surface area contributed by atoms with Crippen LogP contribution in [0.5, 0.6) is 5.75 Å². The highest BCUT2D eigenvalue weighted by molar-refractivity contribution is 6.35. The summed E-state index contributed by atoms with van der Waals surface area (Å²) in [4.78, 5) is 126. The van der Waals surface area contributed by atoms with E-state index in [4.69, 9.17) is 35.3 Å². The predicted molar refractivity (Wildman–Crippen MR) is 336 cm³/mol. The number of rotatable bonds is 24. The van der Waals surface area contributed by atoms with E-state index in [2.05, 4.69) is 28.2 Å². The molecule has 6 rings (SSSR count). The van der Waals surface area contributed by atoms with Gasteiger partial charge in [0.15, 0.2) is 5.72 Å². The number of aliphatic hydroxyl groups is 1. The number of anilines is 2. The van der Waals surface area contributed by atoms with E-state index in [0.29, 0.717) is 43.7 Å². The number of alkyl carbamates (subject to hydrolysis) is 1. The Morgan fingerprint density at radius 3 is 2.28 bits per heavy atom.